The number of nitrogens with one attached hydrogen (secondary N) is 2. The first-order chi connectivity index (χ1) is 16.9. The van der Waals surface area contributed by atoms with Crippen molar-refractivity contribution in [1.82, 2.24) is 4.90 Å². The van der Waals surface area contributed by atoms with Gasteiger partial charge in [0, 0.05) is 36.4 Å². The molecule has 2 aliphatic heterocycles. The first-order valence-electron chi connectivity index (χ1n) is 12.3. The van der Waals surface area contributed by atoms with Gasteiger partial charge in [-0.1, -0.05) is 37.7 Å². The Kier molecular flexibility index (Phi) is 8.23. The highest BCUT2D eigenvalue weighted by atomic mass is 32.2. The minimum Gasteiger partial charge on any atom is -0.351 e. The minimum absolute atomic E-state index is 0.0687. The Morgan fingerprint density at radius 3 is 2.29 bits per heavy atom. The van der Waals surface area contributed by atoms with E-state index in [0.29, 0.717) is 17.2 Å². The molecule has 2 aromatic carbocycles. The van der Waals surface area contributed by atoms with Crippen LogP contribution in [0.15, 0.2) is 53.5 Å². The van der Waals surface area contributed by atoms with E-state index in [-0.39, 0.29) is 24.1 Å². The zero-order chi connectivity index (χ0) is 24.8. The molecule has 0 aromatic heterocycles. The molecule has 0 spiro atoms. The lowest BCUT2D eigenvalue weighted by molar-refractivity contribution is -0.121. The summed E-state index contributed by atoms with van der Waals surface area (Å²) in [6.07, 6.45) is 4.56. The lowest BCUT2D eigenvalue weighted by Gasteiger charge is -2.27. The summed E-state index contributed by atoms with van der Waals surface area (Å²) in [7, 11) is 0. The largest absolute Gasteiger partial charge is 0.351 e. The predicted octanol–water partition coefficient (Wildman–Crippen LogP) is 5.26. The van der Waals surface area contributed by atoms with Gasteiger partial charge in [-0.2, -0.15) is 4.99 Å². The molecule has 2 N–H and O–H groups in total. The minimum atomic E-state index is -0.483. The molecule has 0 radical (unpaired) electrons. The molecule has 4 rings (SSSR count). The number of benzene rings is 2. The van der Waals surface area contributed by atoms with Gasteiger partial charge in [0.1, 0.15) is 5.25 Å². The predicted molar refractivity (Wildman–Crippen MR) is 142 cm³/mol. The summed E-state index contributed by atoms with van der Waals surface area (Å²) in [5, 5.41) is 5.99. The van der Waals surface area contributed by atoms with Gasteiger partial charge in [-0.3, -0.25) is 14.4 Å². The molecular formula is C27H32N4O3S. The number of amidine groups is 1. The first-order valence-corrected chi connectivity index (χ1v) is 13.2. The summed E-state index contributed by atoms with van der Waals surface area (Å²) in [4.78, 5) is 43.7. The van der Waals surface area contributed by atoms with Gasteiger partial charge in [-0.05, 0) is 73.6 Å². The molecule has 7 nitrogen and oxygen atoms in total. The molecule has 35 heavy (non-hydrogen) atoms. The van der Waals surface area contributed by atoms with E-state index in [0.717, 1.165) is 43.2 Å². The average molecular weight is 493 g/mol. The first kappa shape index (κ1) is 25.0. The van der Waals surface area contributed by atoms with Gasteiger partial charge in [-0.25, -0.2) is 0 Å². The van der Waals surface area contributed by atoms with Crippen molar-refractivity contribution >= 4 is 46.0 Å². The molecule has 2 aromatic rings. The van der Waals surface area contributed by atoms with Crippen molar-refractivity contribution in [3.63, 3.8) is 0 Å². The molecule has 0 saturated carbocycles. The number of carbonyl (C=O) groups is 3. The topological polar surface area (TPSA) is 90.9 Å². The molecule has 1 fully saturated rings. The smallest absolute Gasteiger partial charge is 0.262 e. The molecule has 2 aliphatic rings. The van der Waals surface area contributed by atoms with Crippen molar-refractivity contribution in [3.05, 3.63) is 59.7 Å². The number of thioether (sulfide) groups is 1. The fourth-order valence-corrected chi connectivity index (χ4v) is 5.27. The van der Waals surface area contributed by atoms with E-state index in [4.69, 9.17) is 0 Å². The molecule has 8 heteroatoms. The number of hydrogen-bond acceptors (Lipinski definition) is 5. The van der Waals surface area contributed by atoms with Crippen LogP contribution in [-0.2, 0) is 9.59 Å². The van der Waals surface area contributed by atoms with Gasteiger partial charge in [0.2, 0.25) is 5.91 Å². The van der Waals surface area contributed by atoms with Gasteiger partial charge in [0.05, 0.1) is 0 Å². The van der Waals surface area contributed by atoms with Gasteiger partial charge >= 0.3 is 0 Å². The molecule has 0 unspecified atom stereocenters. The Labute approximate surface area is 210 Å². The molecule has 184 valence electrons. The summed E-state index contributed by atoms with van der Waals surface area (Å²) < 4.78 is 0. The maximum absolute atomic E-state index is 12.6. The average Bonchev–Trinajstić information content (AvgIpc) is 3.24. The van der Waals surface area contributed by atoms with Crippen LogP contribution in [0.3, 0.4) is 0 Å². The second-order valence-corrected chi connectivity index (χ2v) is 10.3. The van der Waals surface area contributed by atoms with Crippen LogP contribution in [0.25, 0.3) is 0 Å². The molecule has 1 saturated heterocycles. The van der Waals surface area contributed by atoms with Gasteiger partial charge in [0.15, 0.2) is 5.17 Å². The molecular weight excluding hydrogens is 460 g/mol. The monoisotopic (exact) mass is 492 g/mol. The van der Waals surface area contributed by atoms with E-state index >= 15 is 0 Å². The van der Waals surface area contributed by atoms with E-state index in [1.54, 1.807) is 24.3 Å². The summed E-state index contributed by atoms with van der Waals surface area (Å²) >= 11 is 1.39. The number of likely N-dealkylation sites (tertiary alicyclic amines) is 1. The third kappa shape index (κ3) is 6.51. The normalized spacial score (nSPS) is 18.7. The van der Waals surface area contributed by atoms with Gasteiger partial charge < -0.3 is 15.5 Å². The Morgan fingerprint density at radius 2 is 1.63 bits per heavy atom. The van der Waals surface area contributed by atoms with Crippen LogP contribution in [0.1, 0.15) is 67.8 Å². The molecule has 2 atom stereocenters. The molecule has 2 heterocycles. The Bertz CT molecular complexity index is 1090. The Balaban J connectivity index is 1.27. The standard InChI is InChI=1S/C27H32N4O3S/c1-3-18(2)19-7-11-22(12-8-19)29-25(33)20-9-13-21(14-10-20)28-24(32)17-23-26(34)30-27(35-23)31-15-5-4-6-16-31/h7-14,18,23H,3-6,15-17H2,1-2H3,(H,28,32)(H,29,33)/t18-,23+/m1/s1. The second kappa shape index (κ2) is 11.5. The molecule has 0 bridgehead atoms. The van der Waals surface area contributed by atoms with E-state index in [1.807, 2.05) is 24.3 Å². The fraction of sp³-hybridized carbons (Fsp3) is 0.407. The van der Waals surface area contributed by atoms with E-state index in [1.165, 1.54) is 23.7 Å². The van der Waals surface area contributed by atoms with Gasteiger partial charge in [-0.15, -0.1) is 0 Å². The number of carbonyl (C=O) groups excluding carboxylic acids is 3. The van der Waals surface area contributed by atoms with Crippen LogP contribution in [-0.4, -0.2) is 46.1 Å². The summed E-state index contributed by atoms with van der Waals surface area (Å²) in [5.74, 6) is -0.217. The van der Waals surface area contributed by atoms with E-state index in [9.17, 15) is 14.4 Å². The number of nitrogens with zero attached hydrogens (tertiary/aromatic N) is 2. The van der Waals surface area contributed by atoms with Crippen molar-refractivity contribution < 1.29 is 14.4 Å². The van der Waals surface area contributed by atoms with Crippen molar-refractivity contribution in [2.24, 2.45) is 4.99 Å². The number of hydrogen-bond donors (Lipinski definition) is 2. The summed E-state index contributed by atoms with van der Waals surface area (Å²) in [6, 6.07) is 14.6. The molecule has 0 aliphatic carbocycles. The third-order valence-corrected chi connectivity index (χ3v) is 7.72. The van der Waals surface area contributed by atoms with Crippen LogP contribution < -0.4 is 10.6 Å². The van der Waals surface area contributed by atoms with Crippen molar-refractivity contribution in [2.45, 2.75) is 57.1 Å². The highest BCUT2D eigenvalue weighted by Crippen LogP contribution is 2.29. The Morgan fingerprint density at radius 1 is 1.00 bits per heavy atom. The lowest BCUT2D eigenvalue weighted by atomic mass is 9.98. The quantitative estimate of drug-likeness (QED) is 0.550. The zero-order valence-electron chi connectivity index (χ0n) is 20.3. The highest BCUT2D eigenvalue weighted by molar-refractivity contribution is 8.15. The maximum atomic E-state index is 12.6. The summed E-state index contributed by atoms with van der Waals surface area (Å²) in [6.45, 7) is 6.17. The van der Waals surface area contributed by atoms with Crippen molar-refractivity contribution in [2.75, 3.05) is 23.7 Å². The van der Waals surface area contributed by atoms with Crippen LogP contribution in [0.5, 0.6) is 0 Å². The zero-order valence-corrected chi connectivity index (χ0v) is 21.1. The van der Waals surface area contributed by atoms with Crippen LogP contribution in [0, 0.1) is 0 Å². The lowest BCUT2D eigenvalue weighted by Crippen LogP contribution is -2.33. The third-order valence-electron chi connectivity index (χ3n) is 6.51. The number of anilines is 2. The number of rotatable bonds is 7. The SMILES string of the molecule is CC[C@@H](C)c1ccc(NC(=O)c2ccc(NC(=O)C[C@@H]3SC(N4CCCCC4)=NC3=O)cc2)cc1. The van der Waals surface area contributed by atoms with Gasteiger partial charge in [0.25, 0.3) is 11.8 Å². The van der Waals surface area contributed by atoms with Crippen LogP contribution in [0.2, 0.25) is 0 Å². The number of piperidine rings is 1. The second-order valence-electron chi connectivity index (χ2n) is 9.10. The van der Waals surface area contributed by atoms with Crippen LogP contribution >= 0.6 is 11.8 Å². The summed E-state index contributed by atoms with van der Waals surface area (Å²) in [5.41, 5.74) is 3.06. The number of aliphatic imine (C=N–C) groups is 1. The van der Waals surface area contributed by atoms with Crippen molar-refractivity contribution in [3.8, 4) is 0 Å². The fourth-order valence-electron chi connectivity index (χ4n) is 4.15. The van der Waals surface area contributed by atoms with E-state index in [2.05, 4.69) is 34.4 Å². The molecule has 3 amide bonds. The Hall–Kier alpha value is -3.13. The number of amides is 3. The maximum Gasteiger partial charge on any atom is 0.262 e. The van der Waals surface area contributed by atoms with E-state index < -0.39 is 5.25 Å². The van der Waals surface area contributed by atoms with Crippen molar-refractivity contribution in [1.29, 1.82) is 0 Å². The highest BCUT2D eigenvalue weighted by Gasteiger charge is 2.33. The van der Waals surface area contributed by atoms with Crippen LogP contribution in [0.4, 0.5) is 11.4 Å².